The standard InChI is InChI=1S/C25H33NO4/c1-16(2)26(17(3)4)18-12-13-21(22(27)14-18)23(28)19-10-8-9-11-20(19)24(29)30-15-25(5,6)7/h8-14,16-17,27H,15H2,1-7H3. The van der Waals surface area contributed by atoms with Gasteiger partial charge in [-0.05, 0) is 51.3 Å². The van der Waals surface area contributed by atoms with Crippen LogP contribution in [0.3, 0.4) is 0 Å². The Morgan fingerprint density at radius 1 is 0.933 bits per heavy atom. The van der Waals surface area contributed by atoms with Crippen LogP contribution in [0.5, 0.6) is 5.75 Å². The van der Waals surface area contributed by atoms with E-state index in [1.165, 1.54) is 0 Å². The van der Waals surface area contributed by atoms with Crippen LogP contribution in [-0.2, 0) is 4.74 Å². The highest BCUT2D eigenvalue weighted by Crippen LogP contribution is 2.30. The van der Waals surface area contributed by atoms with E-state index in [1.807, 2.05) is 26.8 Å². The summed E-state index contributed by atoms with van der Waals surface area (Å²) < 4.78 is 5.39. The Kier molecular flexibility index (Phi) is 7.30. The summed E-state index contributed by atoms with van der Waals surface area (Å²) in [4.78, 5) is 27.9. The van der Waals surface area contributed by atoms with E-state index in [9.17, 15) is 14.7 Å². The molecule has 0 saturated carbocycles. The molecule has 0 aliphatic carbocycles. The smallest absolute Gasteiger partial charge is 0.338 e. The molecular weight excluding hydrogens is 378 g/mol. The molecule has 162 valence electrons. The first kappa shape index (κ1) is 23.5. The Labute approximate surface area is 179 Å². The largest absolute Gasteiger partial charge is 0.507 e. The second kappa shape index (κ2) is 9.33. The molecule has 0 aromatic heterocycles. The molecule has 30 heavy (non-hydrogen) atoms. The third kappa shape index (κ3) is 5.62. The Morgan fingerprint density at radius 3 is 2.00 bits per heavy atom. The van der Waals surface area contributed by atoms with Gasteiger partial charge in [-0.25, -0.2) is 4.79 Å². The number of esters is 1. The number of carbonyl (C=O) groups excluding carboxylic acids is 2. The summed E-state index contributed by atoms with van der Waals surface area (Å²) in [6.07, 6.45) is 0. The molecule has 0 amide bonds. The number of ketones is 1. The van der Waals surface area contributed by atoms with Crippen molar-refractivity contribution in [1.29, 1.82) is 0 Å². The third-order valence-electron chi connectivity index (χ3n) is 4.66. The number of hydrogen-bond acceptors (Lipinski definition) is 5. The van der Waals surface area contributed by atoms with Gasteiger partial charge < -0.3 is 14.7 Å². The van der Waals surface area contributed by atoms with Gasteiger partial charge in [-0.1, -0.05) is 39.0 Å². The molecule has 0 unspecified atom stereocenters. The van der Waals surface area contributed by atoms with Crippen molar-refractivity contribution < 1.29 is 19.4 Å². The minimum atomic E-state index is -0.546. The molecule has 5 heteroatoms. The van der Waals surface area contributed by atoms with Crippen LogP contribution in [0, 0.1) is 5.41 Å². The van der Waals surface area contributed by atoms with Crippen molar-refractivity contribution in [3.8, 4) is 5.75 Å². The molecule has 2 aromatic carbocycles. The van der Waals surface area contributed by atoms with Gasteiger partial charge in [0, 0.05) is 29.4 Å². The molecule has 0 aliphatic rings. The summed E-state index contributed by atoms with van der Waals surface area (Å²) in [6, 6.07) is 12.1. The van der Waals surface area contributed by atoms with Gasteiger partial charge in [-0.15, -0.1) is 0 Å². The number of phenolic OH excluding ortho intramolecular Hbond substituents is 1. The number of hydrogen-bond donors (Lipinski definition) is 1. The predicted molar refractivity (Wildman–Crippen MR) is 120 cm³/mol. The van der Waals surface area contributed by atoms with Crippen molar-refractivity contribution in [2.45, 2.75) is 60.5 Å². The first-order chi connectivity index (χ1) is 13.9. The molecular formula is C25H33NO4. The monoisotopic (exact) mass is 411 g/mol. The Bertz CT molecular complexity index is 902. The summed E-state index contributed by atoms with van der Waals surface area (Å²) in [5.74, 6) is -1.07. The maximum absolute atomic E-state index is 13.2. The lowest BCUT2D eigenvalue weighted by molar-refractivity contribution is 0.0365. The normalized spacial score (nSPS) is 11.6. The number of nitrogens with zero attached hydrogens (tertiary/aromatic N) is 1. The van der Waals surface area contributed by atoms with E-state index >= 15 is 0 Å². The van der Waals surface area contributed by atoms with Crippen molar-refractivity contribution in [3.63, 3.8) is 0 Å². The lowest BCUT2D eigenvalue weighted by Crippen LogP contribution is -2.36. The number of ether oxygens (including phenoxy) is 1. The van der Waals surface area contributed by atoms with Crippen LogP contribution in [0.15, 0.2) is 42.5 Å². The second-order valence-electron chi connectivity index (χ2n) is 9.31. The highest BCUT2D eigenvalue weighted by atomic mass is 16.5. The Morgan fingerprint density at radius 2 is 1.50 bits per heavy atom. The molecule has 0 bridgehead atoms. The number of anilines is 1. The van der Waals surface area contributed by atoms with Crippen molar-refractivity contribution in [3.05, 3.63) is 59.2 Å². The zero-order valence-corrected chi connectivity index (χ0v) is 19.0. The van der Waals surface area contributed by atoms with Gasteiger partial charge >= 0.3 is 5.97 Å². The summed E-state index contributed by atoms with van der Waals surface area (Å²) in [5, 5.41) is 10.6. The maximum Gasteiger partial charge on any atom is 0.338 e. The van der Waals surface area contributed by atoms with Crippen LogP contribution in [0.25, 0.3) is 0 Å². The van der Waals surface area contributed by atoms with Crippen molar-refractivity contribution >= 4 is 17.4 Å². The fourth-order valence-corrected chi connectivity index (χ4v) is 3.43. The number of rotatable bonds is 7. The van der Waals surface area contributed by atoms with Gasteiger partial charge in [0.05, 0.1) is 17.7 Å². The molecule has 0 spiro atoms. The van der Waals surface area contributed by atoms with Gasteiger partial charge in [-0.3, -0.25) is 4.79 Å². The van der Waals surface area contributed by atoms with Gasteiger partial charge in [-0.2, -0.15) is 0 Å². The van der Waals surface area contributed by atoms with Crippen molar-refractivity contribution in [2.24, 2.45) is 5.41 Å². The first-order valence-corrected chi connectivity index (χ1v) is 10.3. The summed E-state index contributed by atoms with van der Waals surface area (Å²) in [7, 11) is 0. The van der Waals surface area contributed by atoms with E-state index < -0.39 is 11.8 Å². The lowest BCUT2D eigenvalue weighted by Gasteiger charge is -2.33. The van der Waals surface area contributed by atoms with Crippen LogP contribution < -0.4 is 4.90 Å². The average Bonchev–Trinajstić information content (AvgIpc) is 2.64. The molecule has 2 rings (SSSR count). The van der Waals surface area contributed by atoms with E-state index in [4.69, 9.17) is 4.74 Å². The minimum Gasteiger partial charge on any atom is -0.507 e. The second-order valence-corrected chi connectivity index (χ2v) is 9.31. The zero-order valence-electron chi connectivity index (χ0n) is 19.0. The van der Waals surface area contributed by atoms with E-state index in [2.05, 4.69) is 32.6 Å². The van der Waals surface area contributed by atoms with Gasteiger partial charge in [0.1, 0.15) is 5.75 Å². The quantitative estimate of drug-likeness (QED) is 0.485. The Hall–Kier alpha value is -2.82. The lowest BCUT2D eigenvalue weighted by atomic mass is 9.96. The van der Waals surface area contributed by atoms with Crippen LogP contribution in [0.4, 0.5) is 5.69 Å². The fourth-order valence-electron chi connectivity index (χ4n) is 3.43. The highest BCUT2D eigenvalue weighted by molar-refractivity contribution is 6.15. The van der Waals surface area contributed by atoms with Crippen LogP contribution in [-0.4, -0.2) is 35.5 Å². The average molecular weight is 412 g/mol. The van der Waals surface area contributed by atoms with Gasteiger partial charge in [0.15, 0.2) is 5.78 Å². The number of benzene rings is 2. The molecule has 1 N–H and O–H groups in total. The Balaban J connectivity index is 2.37. The highest BCUT2D eigenvalue weighted by Gasteiger charge is 2.24. The van der Waals surface area contributed by atoms with Crippen LogP contribution in [0.1, 0.15) is 74.7 Å². The van der Waals surface area contributed by atoms with E-state index in [-0.39, 0.29) is 46.5 Å². The van der Waals surface area contributed by atoms with Crippen molar-refractivity contribution in [1.82, 2.24) is 0 Å². The zero-order chi connectivity index (χ0) is 22.6. The van der Waals surface area contributed by atoms with E-state index in [1.54, 1.807) is 36.4 Å². The number of phenols is 1. The topological polar surface area (TPSA) is 66.8 Å². The molecule has 0 saturated heterocycles. The van der Waals surface area contributed by atoms with E-state index in [0.29, 0.717) is 0 Å². The van der Waals surface area contributed by atoms with Crippen LogP contribution >= 0.6 is 0 Å². The SMILES string of the molecule is CC(C)N(c1ccc(C(=O)c2ccccc2C(=O)OCC(C)(C)C)c(O)c1)C(C)C. The maximum atomic E-state index is 13.2. The molecule has 0 aliphatic heterocycles. The van der Waals surface area contributed by atoms with Gasteiger partial charge in [0.25, 0.3) is 0 Å². The van der Waals surface area contributed by atoms with E-state index in [0.717, 1.165) is 5.69 Å². The third-order valence-corrected chi connectivity index (χ3v) is 4.66. The summed E-state index contributed by atoms with van der Waals surface area (Å²) in [6.45, 7) is 14.5. The number of aromatic hydroxyl groups is 1. The molecule has 5 nitrogen and oxygen atoms in total. The summed E-state index contributed by atoms with van der Waals surface area (Å²) in [5.41, 5.74) is 1.22. The molecule has 0 radical (unpaired) electrons. The molecule has 2 aromatic rings. The summed E-state index contributed by atoms with van der Waals surface area (Å²) >= 11 is 0. The molecule has 0 fully saturated rings. The number of carbonyl (C=O) groups is 2. The van der Waals surface area contributed by atoms with Gasteiger partial charge in [0.2, 0.25) is 0 Å². The molecule has 0 heterocycles. The molecule has 0 atom stereocenters. The minimum absolute atomic E-state index is 0.110. The van der Waals surface area contributed by atoms with Crippen LogP contribution in [0.2, 0.25) is 0 Å². The first-order valence-electron chi connectivity index (χ1n) is 10.3. The predicted octanol–water partition coefficient (Wildman–Crippen LogP) is 5.45. The fraction of sp³-hybridized carbons (Fsp3) is 0.440. The van der Waals surface area contributed by atoms with Crippen molar-refractivity contribution in [2.75, 3.05) is 11.5 Å².